The first-order chi connectivity index (χ1) is 24.8. The van der Waals surface area contributed by atoms with Gasteiger partial charge in [0.05, 0.1) is 0 Å². The predicted molar refractivity (Wildman–Crippen MR) is 205 cm³/mol. The molecule has 12 bridgehead atoms. The molecule has 0 heterocycles. The molecule has 8 nitrogen and oxygen atoms in total. The average molecular weight is 775 g/mol. The Kier molecular flexibility index (Phi) is 15.4. The van der Waals surface area contributed by atoms with Crippen LogP contribution < -0.4 is 0 Å². The fourth-order valence-electron chi connectivity index (χ4n) is 14.4. The Labute approximate surface area is 326 Å². The molecule has 0 aliphatic heterocycles. The Morgan fingerprint density at radius 2 is 0.808 bits per heavy atom. The molecule has 0 N–H and O–H groups in total. The van der Waals surface area contributed by atoms with Gasteiger partial charge in [0.15, 0.2) is 6.29 Å². The van der Waals surface area contributed by atoms with E-state index in [-0.39, 0.29) is 23.9 Å². The second-order valence-electron chi connectivity index (χ2n) is 18.8. The highest BCUT2D eigenvalue weighted by atomic mass is 35.5. The molecule has 0 amide bonds. The third-order valence-corrected chi connectivity index (χ3v) is 15.3. The molecule has 12 saturated carbocycles. The molecule has 12 fully saturated rings. The molecule has 12 aliphatic rings. The summed E-state index contributed by atoms with van der Waals surface area (Å²) < 4.78 is 30.3. The van der Waals surface area contributed by atoms with Crippen LogP contribution in [0.15, 0.2) is 0 Å². The summed E-state index contributed by atoms with van der Waals surface area (Å²) in [6.07, 6.45) is 26.3. The Bertz CT molecular complexity index is 1030. The van der Waals surface area contributed by atoms with Gasteiger partial charge in [0.25, 0.3) is 6.48 Å². The molecule has 10 heteroatoms. The van der Waals surface area contributed by atoms with Crippen molar-refractivity contribution in [3.05, 3.63) is 0 Å². The molecule has 0 saturated heterocycles. The van der Waals surface area contributed by atoms with Crippen LogP contribution in [0.25, 0.3) is 0 Å². The maximum Gasteiger partial charge on any atom is 1.00 e. The van der Waals surface area contributed by atoms with Crippen LogP contribution in [0.2, 0.25) is 0 Å². The van der Waals surface area contributed by atoms with Gasteiger partial charge in [0.1, 0.15) is 11.8 Å². The van der Waals surface area contributed by atoms with E-state index < -0.39 is 6.48 Å². The smallest absolute Gasteiger partial charge is 0.365 e. The Morgan fingerprint density at radius 1 is 0.538 bits per heavy atom. The number of rotatable bonds is 9. The van der Waals surface area contributed by atoms with Gasteiger partial charge in [-0.25, -0.2) is 0 Å². The third-order valence-electron chi connectivity index (χ3n) is 14.7. The summed E-state index contributed by atoms with van der Waals surface area (Å²) in [5.74, 6) is 8.59. The number of ether oxygens (including phenoxy) is 6. The topological polar surface area (TPSA) is 89.5 Å². The normalized spacial score (nSPS) is 42.6. The lowest BCUT2D eigenvalue weighted by Crippen LogP contribution is -2.52. The number of aldehydes is 1. The van der Waals surface area contributed by atoms with Gasteiger partial charge in [-0.2, -0.15) is 0 Å². The SMILES string of the molecule is CC(=O)Cl.COC(Cl)C12CC3CC(CC(C3)C1)C2.COC(OC)C12CC3CC(CC(C3)C1)C2.COC(OC)OC.O=CC12CC3CC(CC(C3)C1)C2.[H+]. The van der Waals surface area contributed by atoms with Crippen molar-refractivity contribution < 1.29 is 39.4 Å². The lowest BCUT2D eigenvalue weighted by molar-refractivity contribution is -0.252. The van der Waals surface area contributed by atoms with Crippen LogP contribution in [-0.4, -0.2) is 72.5 Å². The van der Waals surface area contributed by atoms with Crippen molar-refractivity contribution in [3.8, 4) is 0 Å². The van der Waals surface area contributed by atoms with E-state index in [1.807, 2.05) is 0 Å². The highest BCUT2D eigenvalue weighted by Gasteiger charge is 2.56. The summed E-state index contributed by atoms with van der Waals surface area (Å²) in [6.45, 7) is 0.779. The minimum absolute atomic E-state index is 0. The monoisotopic (exact) mass is 773 g/mol. The van der Waals surface area contributed by atoms with Gasteiger partial charge < -0.3 is 33.2 Å². The van der Waals surface area contributed by atoms with E-state index in [2.05, 4.69) is 25.8 Å². The molecule has 52 heavy (non-hydrogen) atoms. The van der Waals surface area contributed by atoms with Gasteiger partial charge in [-0.1, -0.05) is 11.6 Å². The zero-order chi connectivity index (χ0) is 37.7. The molecule has 0 radical (unpaired) electrons. The number of hydrogen-bond donors (Lipinski definition) is 0. The number of alkyl halides is 1. The molecule has 12 rings (SSSR count). The van der Waals surface area contributed by atoms with Crippen molar-refractivity contribution >= 4 is 34.7 Å². The molecule has 1 unspecified atom stereocenters. The van der Waals surface area contributed by atoms with Crippen LogP contribution in [-0.2, 0) is 38.0 Å². The molecule has 1 atom stereocenters. The van der Waals surface area contributed by atoms with Crippen molar-refractivity contribution in [2.24, 2.45) is 69.5 Å². The van der Waals surface area contributed by atoms with Crippen molar-refractivity contribution in [2.75, 3.05) is 42.7 Å². The van der Waals surface area contributed by atoms with Crippen molar-refractivity contribution in [1.29, 1.82) is 0 Å². The van der Waals surface area contributed by atoms with Gasteiger partial charge in [-0.15, -0.1) is 0 Å². The van der Waals surface area contributed by atoms with E-state index in [1.54, 1.807) is 21.3 Å². The quantitative estimate of drug-likeness (QED) is 0.0991. The molecule has 0 aromatic carbocycles. The summed E-state index contributed by atoms with van der Waals surface area (Å²) >= 11 is 11.0. The van der Waals surface area contributed by atoms with E-state index >= 15 is 0 Å². The Balaban J connectivity index is 0.000000156. The molecule has 300 valence electrons. The zero-order valence-corrected chi connectivity index (χ0v) is 34.8. The van der Waals surface area contributed by atoms with Crippen molar-refractivity contribution in [2.45, 2.75) is 141 Å². The van der Waals surface area contributed by atoms with Crippen LogP contribution in [0, 0.1) is 69.5 Å². The maximum atomic E-state index is 11.1. The highest BCUT2D eigenvalue weighted by molar-refractivity contribution is 6.62. The highest BCUT2D eigenvalue weighted by Crippen LogP contribution is 2.63. The predicted octanol–water partition coefficient (Wildman–Crippen LogP) is 9.73. The van der Waals surface area contributed by atoms with Crippen LogP contribution in [0.5, 0.6) is 0 Å². The molecule has 12 aliphatic carbocycles. The summed E-state index contributed by atoms with van der Waals surface area (Å²) in [4.78, 5) is 20.3. The van der Waals surface area contributed by atoms with Gasteiger partial charge in [0.2, 0.25) is 5.24 Å². The van der Waals surface area contributed by atoms with E-state index in [0.29, 0.717) is 10.8 Å². The second-order valence-corrected chi connectivity index (χ2v) is 19.7. The maximum absolute atomic E-state index is 11.1. The molecule has 0 aromatic rings. The first-order valence-electron chi connectivity index (χ1n) is 20.3. The first kappa shape index (κ1) is 42.8. The molecule has 0 spiro atoms. The second kappa shape index (κ2) is 18.7. The van der Waals surface area contributed by atoms with E-state index in [1.165, 1.54) is 150 Å². The van der Waals surface area contributed by atoms with Gasteiger partial charge in [-0.3, -0.25) is 4.79 Å². The van der Waals surface area contributed by atoms with Gasteiger partial charge in [-0.05, 0) is 180 Å². The minimum Gasteiger partial charge on any atom is -0.365 e. The Morgan fingerprint density at radius 3 is 1.02 bits per heavy atom. The standard InChI is InChI=1S/C13H22O2.C12H19ClO.C11H16O.C4H10O3.C2H3ClO/c1-14-12(15-2)13-6-9-3-10(7-13)5-11(4-9)8-13;1-14-11(13)12-5-8-2-9(6-12)4-10(3-8)7-12;12-7-11-4-8-1-9(5-11)3-10(2-8)6-11;1-5-4(6-2)7-3;1-2(3)4/h9-12H,3-8H2,1-2H3;8-11H,2-7H2,1H3;7-10H,1-6H2;4H,1-3H3;1H3/p+1. The minimum atomic E-state index is -0.514. The van der Waals surface area contributed by atoms with Crippen LogP contribution >= 0.6 is 23.2 Å². The fraction of sp³-hybridized carbons (Fsp3) is 0.952. The number of halogens is 2. The van der Waals surface area contributed by atoms with E-state index in [4.69, 9.17) is 25.8 Å². The van der Waals surface area contributed by atoms with Crippen molar-refractivity contribution in [1.82, 2.24) is 0 Å². The number of carbonyl (C=O) groups excluding carboxylic acids is 2. The van der Waals surface area contributed by atoms with Crippen molar-refractivity contribution in [3.63, 3.8) is 0 Å². The van der Waals surface area contributed by atoms with Crippen LogP contribution in [0.4, 0.5) is 0 Å². The molecular formula is C42H71Cl2O8+. The first-order valence-corrected chi connectivity index (χ1v) is 21.1. The Hall–Kier alpha value is -0.320. The summed E-state index contributed by atoms with van der Waals surface area (Å²) in [5, 5.41) is -0.361. The van der Waals surface area contributed by atoms with E-state index in [0.717, 1.165) is 53.3 Å². The molecular weight excluding hydrogens is 703 g/mol. The average Bonchev–Trinajstić information content (AvgIpc) is 3.08. The third kappa shape index (κ3) is 10.2. The summed E-state index contributed by atoms with van der Waals surface area (Å²) in [5.41, 5.74) is 0.855. The lowest BCUT2D eigenvalue weighted by atomic mass is 9.49. The number of hydrogen-bond acceptors (Lipinski definition) is 8. The van der Waals surface area contributed by atoms with Crippen LogP contribution in [0.1, 0.15) is 124 Å². The fourth-order valence-corrected chi connectivity index (χ4v) is 14.6. The molecule has 0 aromatic heterocycles. The summed E-state index contributed by atoms with van der Waals surface area (Å²) in [7, 11) is 9.89. The van der Waals surface area contributed by atoms with E-state index in [9.17, 15) is 9.59 Å². The number of carbonyl (C=O) groups is 2. The number of methoxy groups -OCH3 is 6. The van der Waals surface area contributed by atoms with Gasteiger partial charge in [0, 0.05) is 65.8 Å². The summed E-state index contributed by atoms with van der Waals surface area (Å²) in [6, 6.07) is 0. The lowest BCUT2D eigenvalue weighted by Gasteiger charge is -2.58. The van der Waals surface area contributed by atoms with Gasteiger partial charge >= 0.3 is 1.43 Å². The largest absolute Gasteiger partial charge is 1.00 e. The van der Waals surface area contributed by atoms with Crippen LogP contribution in [0.3, 0.4) is 0 Å². The zero-order valence-electron chi connectivity index (χ0n) is 34.3.